The largest absolute Gasteiger partial charge is 0.339 e. The van der Waals surface area contributed by atoms with Crippen LogP contribution in [0.1, 0.15) is 43.0 Å². The van der Waals surface area contributed by atoms with Gasteiger partial charge >= 0.3 is 0 Å². The Labute approximate surface area is 184 Å². The second-order valence-corrected chi connectivity index (χ2v) is 9.67. The predicted octanol–water partition coefficient (Wildman–Crippen LogP) is 3.50. The molecule has 0 spiro atoms. The predicted molar refractivity (Wildman–Crippen MR) is 123 cm³/mol. The van der Waals surface area contributed by atoms with Gasteiger partial charge in [0.15, 0.2) is 0 Å². The highest BCUT2D eigenvalue weighted by molar-refractivity contribution is 7.92. The average Bonchev–Trinajstić information content (AvgIpc) is 3.03. The number of anilines is 2. The number of nitrogens with one attached hydrogen (secondary N) is 1. The van der Waals surface area contributed by atoms with E-state index in [1.165, 1.54) is 6.92 Å². The molecule has 0 saturated carbocycles. The van der Waals surface area contributed by atoms with Crippen molar-refractivity contribution in [1.29, 1.82) is 0 Å². The summed E-state index contributed by atoms with van der Waals surface area (Å²) in [6, 6.07) is 14.4. The zero-order valence-corrected chi connectivity index (χ0v) is 18.8. The summed E-state index contributed by atoms with van der Waals surface area (Å²) in [7, 11) is -3.70. The second kappa shape index (κ2) is 9.96. The quantitative estimate of drug-likeness (QED) is 0.740. The van der Waals surface area contributed by atoms with Crippen molar-refractivity contribution in [1.82, 2.24) is 4.90 Å². The first-order valence-corrected chi connectivity index (χ1v) is 12.4. The lowest BCUT2D eigenvalue weighted by atomic mass is 10.1. The van der Waals surface area contributed by atoms with Gasteiger partial charge in [0.2, 0.25) is 15.9 Å². The molecule has 0 aliphatic carbocycles. The number of rotatable bonds is 6. The van der Waals surface area contributed by atoms with Crippen LogP contribution in [0, 0.1) is 0 Å². The van der Waals surface area contributed by atoms with Crippen LogP contribution in [0.3, 0.4) is 0 Å². The van der Waals surface area contributed by atoms with E-state index in [4.69, 9.17) is 0 Å². The minimum absolute atomic E-state index is 0.117. The number of carbonyl (C=O) groups is 2. The number of nitrogens with zero attached hydrogens (tertiary/aromatic N) is 2. The Morgan fingerprint density at radius 1 is 0.935 bits per heavy atom. The Bertz CT molecular complexity index is 1020. The zero-order chi connectivity index (χ0) is 22.4. The molecule has 3 rings (SSSR count). The Balaban J connectivity index is 1.83. The summed E-state index contributed by atoms with van der Waals surface area (Å²) < 4.78 is 25.9. The highest BCUT2D eigenvalue weighted by atomic mass is 32.2. The van der Waals surface area contributed by atoms with E-state index in [0.717, 1.165) is 36.2 Å². The maximum absolute atomic E-state index is 13.1. The van der Waals surface area contributed by atoms with Gasteiger partial charge < -0.3 is 10.2 Å². The van der Waals surface area contributed by atoms with Crippen molar-refractivity contribution < 1.29 is 18.0 Å². The fraction of sp³-hybridized carbons (Fsp3) is 0.391. The molecule has 2 aromatic rings. The van der Waals surface area contributed by atoms with E-state index in [-0.39, 0.29) is 5.91 Å². The first-order chi connectivity index (χ1) is 14.8. The lowest BCUT2D eigenvalue weighted by molar-refractivity contribution is -0.116. The fourth-order valence-corrected chi connectivity index (χ4v) is 5.02. The Morgan fingerprint density at radius 3 is 2.13 bits per heavy atom. The first-order valence-electron chi connectivity index (χ1n) is 10.5. The molecule has 2 aromatic carbocycles. The molecule has 0 aromatic heterocycles. The number of benzene rings is 2. The van der Waals surface area contributed by atoms with Crippen molar-refractivity contribution in [3.63, 3.8) is 0 Å². The van der Waals surface area contributed by atoms with Gasteiger partial charge in [0, 0.05) is 13.1 Å². The van der Waals surface area contributed by atoms with Crippen LogP contribution < -0.4 is 9.62 Å². The first kappa shape index (κ1) is 22.8. The van der Waals surface area contributed by atoms with Crippen molar-refractivity contribution in [2.24, 2.45) is 0 Å². The zero-order valence-electron chi connectivity index (χ0n) is 18.0. The second-order valence-electron chi connectivity index (χ2n) is 7.81. The molecule has 0 bridgehead atoms. The molecular formula is C23H29N3O4S. The monoisotopic (exact) mass is 443 g/mol. The molecule has 8 heteroatoms. The molecule has 31 heavy (non-hydrogen) atoms. The van der Waals surface area contributed by atoms with E-state index in [0.29, 0.717) is 30.0 Å². The van der Waals surface area contributed by atoms with Crippen molar-refractivity contribution >= 4 is 33.2 Å². The van der Waals surface area contributed by atoms with E-state index in [2.05, 4.69) is 5.32 Å². The van der Waals surface area contributed by atoms with Crippen molar-refractivity contribution in [3.05, 3.63) is 60.2 Å². The topological polar surface area (TPSA) is 86.8 Å². The highest BCUT2D eigenvalue weighted by Gasteiger charge is 2.30. The highest BCUT2D eigenvalue weighted by Crippen LogP contribution is 2.23. The molecule has 1 atom stereocenters. The molecule has 0 radical (unpaired) electrons. The van der Waals surface area contributed by atoms with E-state index in [1.54, 1.807) is 54.6 Å². The number of para-hydroxylation sites is 2. The SMILES string of the molecule is C[C@@H](C(=O)Nc1ccccc1C(=O)N1CCCCCC1)N(c1ccccc1)S(C)(=O)=O. The number of hydrogen-bond donors (Lipinski definition) is 1. The van der Waals surface area contributed by atoms with E-state index in [9.17, 15) is 18.0 Å². The summed E-state index contributed by atoms with van der Waals surface area (Å²) in [5.74, 6) is -0.626. The maximum Gasteiger partial charge on any atom is 0.255 e. The summed E-state index contributed by atoms with van der Waals surface area (Å²) >= 11 is 0. The van der Waals surface area contributed by atoms with E-state index < -0.39 is 22.0 Å². The minimum atomic E-state index is -3.70. The molecule has 1 heterocycles. The minimum Gasteiger partial charge on any atom is -0.339 e. The Hall–Kier alpha value is -2.87. The van der Waals surface area contributed by atoms with Crippen LogP contribution in [0.15, 0.2) is 54.6 Å². The number of amides is 2. The summed E-state index contributed by atoms with van der Waals surface area (Å²) in [4.78, 5) is 28.0. The van der Waals surface area contributed by atoms with Gasteiger partial charge in [-0.3, -0.25) is 13.9 Å². The molecule has 7 nitrogen and oxygen atoms in total. The third-order valence-corrected chi connectivity index (χ3v) is 6.65. The lowest BCUT2D eigenvalue weighted by Gasteiger charge is -2.28. The number of hydrogen-bond acceptors (Lipinski definition) is 4. The van der Waals surface area contributed by atoms with E-state index >= 15 is 0 Å². The van der Waals surface area contributed by atoms with Gasteiger partial charge in [-0.15, -0.1) is 0 Å². The van der Waals surface area contributed by atoms with Crippen LogP contribution in [0.4, 0.5) is 11.4 Å². The molecule has 2 amide bonds. The van der Waals surface area contributed by atoms with Gasteiger partial charge in [0.05, 0.1) is 23.2 Å². The van der Waals surface area contributed by atoms with Gasteiger partial charge in [0.1, 0.15) is 6.04 Å². The van der Waals surface area contributed by atoms with Crippen molar-refractivity contribution in [2.45, 2.75) is 38.6 Å². The number of likely N-dealkylation sites (tertiary alicyclic amines) is 1. The molecule has 1 aliphatic rings. The van der Waals surface area contributed by atoms with Crippen LogP contribution in [-0.4, -0.2) is 50.5 Å². The summed E-state index contributed by atoms with van der Waals surface area (Å²) in [6.45, 7) is 2.93. The third-order valence-electron chi connectivity index (χ3n) is 5.41. The van der Waals surface area contributed by atoms with Gasteiger partial charge in [-0.2, -0.15) is 0 Å². The normalized spacial score (nSPS) is 15.6. The molecule has 166 valence electrons. The van der Waals surface area contributed by atoms with Crippen LogP contribution in [-0.2, 0) is 14.8 Å². The maximum atomic E-state index is 13.1. The van der Waals surface area contributed by atoms with E-state index in [1.807, 2.05) is 4.90 Å². The summed E-state index contributed by atoms with van der Waals surface area (Å²) in [6.07, 6.45) is 5.23. The lowest BCUT2D eigenvalue weighted by Crippen LogP contribution is -2.45. The molecule has 1 fully saturated rings. The smallest absolute Gasteiger partial charge is 0.255 e. The molecule has 1 saturated heterocycles. The van der Waals surface area contributed by atoms with Crippen LogP contribution in [0.25, 0.3) is 0 Å². The number of sulfonamides is 1. The van der Waals surface area contributed by atoms with Crippen LogP contribution >= 0.6 is 0 Å². The van der Waals surface area contributed by atoms with Crippen LogP contribution in [0.5, 0.6) is 0 Å². The Morgan fingerprint density at radius 2 is 1.52 bits per heavy atom. The fourth-order valence-electron chi connectivity index (χ4n) is 3.84. The van der Waals surface area contributed by atoms with Gasteiger partial charge in [-0.05, 0) is 44.0 Å². The van der Waals surface area contributed by atoms with Gasteiger partial charge in [-0.1, -0.05) is 43.2 Å². The molecule has 1 N–H and O–H groups in total. The summed E-state index contributed by atoms with van der Waals surface area (Å²) in [5.41, 5.74) is 1.20. The van der Waals surface area contributed by atoms with Crippen molar-refractivity contribution in [2.75, 3.05) is 29.0 Å². The van der Waals surface area contributed by atoms with Crippen LogP contribution in [0.2, 0.25) is 0 Å². The molecule has 0 unspecified atom stereocenters. The third kappa shape index (κ3) is 5.64. The average molecular weight is 444 g/mol. The van der Waals surface area contributed by atoms with Gasteiger partial charge in [-0.25, -0.2) is 8.42 Å². The standard InChI is InChI=1S/C23H29N3O4S/c1-18(26(31(2,29)30)19-12-6-5-7-13-19)22(27)24-21-15-9-8-14-20(21)23(28)25-16-10-3-4-11-17-25/h5-9,12-15,18H,3-4,10-11,16-17H2,1-2H3,(H,24,27)/t18-/m0/s1. The number of carbonyl (C=O) groups excluding carboxylic acids is 2. The van der Waals surface area contributed by atoms with Gasteiger partial charge in [0.25, 0.3) is 5.91 Å². The molecule has 1 aliphatic heterocycles. The Kier molecular flexibility index (Phi) is 7.33. The molecular weight excluding hydrogens is 414 g/mol. The summed E-state index contributed by atoms with van der Waals surface area (Å²) in [5, 5.41) is 2.78. The van der Waals surface area contributed by atoms with Crippen molar-refractivity contribution in [3.8, 4) is 0 Å².